The number of carbonyl (C=O) groups excluding carboxylic acids is 3. The summed E-state index contributed by atoms with van der Waals surface area (Å²) in [4.78, 5) is 37.2. The van der Waals surface area contributed by atoms with E-state index in [1.807, 2.05) is 0 Å². The van der Waals surface area contributed by atoms with Crippen molar-refractivity contribution in [2.24, 2.45) is 0 Å². The normalized spacial score (nSPS) is 12.6. The van der Waals surface area contributed by atoms with Gasteiger partial charge in [-0.2, -0.15) is 0 Å². The lowest BCUT2D eigenvalue weighted by Crippen LogP contribution is -2.36. The van der Waals surface area contributed by atoms with E-state index in [1.54, 1.807) is 35.2 Å². The maximum atomic E-state index is 12.2. The van der Waals surface area contributed by atoms with Crippen LogP contribution >= 0.6 is 0 Å². The number of rotatable bonds is 5. The molecule has 2 heterocycles. The van der Waals surface area contributed by atoms with Crippen molar-refractivity contribution in [2.75, 3.05) is 18.0 Å². The van der Waals surface area contributed by atoms with Gasteiger partial charge in [-0.05, 0) is 42.3 Å². The molecule has 0 bridgehead atoms. The Hall–Kier alpha value is -3.09. The van der Waals surface area contributed by atoms with Crippen LogP contribution in [0.3, 0.4) is 0 Å². The Kier molecular flexibility index (Phi) is 4.83. The van der Waals surface area contributed by atoms with E-state index in [0.717, 1.165) is 17.7 Å². The number of anilines is 1. The molecule has 0 fully saturated rings. The summed E-state index contributed by atoms with van der Waals surface area (Å²) < 4.78 is 5.12. The highest BCUT2D eigenvalue weighted by molar-refractivity contribution is 5.99. The molecule has 0 aliphatic carbocycles. The Morgan fingerprint density at radius 3 is 2.76 bits per heavy atom. The Bertz CT molecular complexity index is 799. The maximum Gasteiger partial charge on any atom is 0.251 e. The van der Waals surface area contributed by atoms with Crippen molar-refractivity contribution in [3.63, 3.8) is 0 Å². The summed E-state index contributed by atoms with van der Waals surface area (Å²) in [7, 11) is 0. The smallest absolute Gasteiger partial charge is 0.251 e. The molecule has 3 amide bonds. The van der Waals surface area contributed by atoms with Gasteiger partial charge in [0.05, 0.1) is 19.4 Å². The van der Waals surface area contributed by atoms with Crippen molar-refractivity contribution in [3.05, 3.63) is 53.5 Å². The molecular weight excluding hydrogens is 322 g/mol. The first-order chi connectivity index (χ1) is 12.0. The first-order valence-corrected chi connectivity index (χ1v) is 8.03. The largest absolute Gasteiger partial charge is 0.467 e. The van der Waals surface area contributed by atoms with Gasteiger partial charge < -0.3 is 20.0 Å². The number of carbonyl (C=O) groups is 3. The zero-order chi connectivity index (χ0) is 17.8. The molecule has 0 atom stereocenters. The van der Waals surface area contributed by atoms with E-state index in [-0.39, 0.29) is 30.8 Å². The SMILES string of the molecule is CC(=O)N1CCc2cc(C(=O)NCC(=O)NCc3ccco3)ccc21. The van der Waals surface area contributed by atoms with Crippen LogP contribution in [0.2, 0.25) is 0 Å². The Labute approximate surface area is 145 Å². The van der Waals surface area contributed by atoms with E-state index in [9.17, 15) is 14.4 Å². The van der Waals surface area contributed by atoms with E-state index < -0.39 is 0 Å². The molecule has 2 aromatic rings. The number of benzene rings is 1. The molecule has 7 nitrogen and oxygen atoms in total. The van der Waals surface area contributed by atoms with Crippen molar-refractivity contribution >= 4 is 23.4 Å². The van der Waals surface area contributed by atoms with Gasteiger partial charge in [-0.1, -0.05) is 0 Å². The van der Waals surface area contributed by atoms with E-state index in [0.29, 0.717) is 17.9 Å². The molecule has 130 valence electrons. The van der Waals surface area contributed by atoms with Gasteiger partial charge in [0.2, 0.25) is 11.8 Å². The second kappa shape index (κ2) is 7.21. The number of hydrogen-bond acceptors (Lipinski definition) is 4. The summed E-state index contributed by atoms with van der Waals surface area (Å²) in [5.74, 6) is 0.0170. The Morgan fingerprint density at radius 1 is 1.20 bits per heavy atom. The second-order valence-corrected chi connectivity index (χ2v) is 5.80. The molecule has 1 aliphatic rings. The standard InChI is InChI=1S/C18H19N3O4/c1-12(22)21-7-6-13-9-14(4-5-16(13)21)18(24)20-11-17(23)19-10-15-3-2-8-25-15/h2-5,8-9H,6-7,10-11H2,1H3,(H,19,23)(H,20,24). The minimum atomic E-state index is -0.322. The van der Waals surface area contributed by atoms with Crippen molar-refractivity contribution in [2.45, 2.75) is 19.9 Å². The highest BCUT2D eigenvalue weighted by Crippen LogP contribution is 2.28. The topological polar surface area (TPSA) is 91.7 Å². The number of furan rings is 1. The summed E-state index contributed by atoms with van der Waals surface area (Å²) in [6.45, 7) is 2.32. The maximum absolute atomic E-state index is 12.2. The van der Waals surface area contributed by atoms with Crippen molar-refractivity contribution in [1.29, 1.82) is 0 Å². The lowest BCUT2D eigenvalue weighted by molar-refractivity contribution is -0.120. The van der Waals surface area contributed by atoms with E-state index in [2.05, 4.69) is 10.6 Å². The predicted octanol–water partition coefficient (Wildman–Crippen LogP) is 1.23. The molecule has 3 rings (SSSR count). The molecule has 0 saturated carbocycles. The summed E-state index contributed by atoms with van der Waals surface area (Å²) in [6, 6.07) is 8.71. The molecule has 1 aromatic heterocycles. The fourth-order valence-electron chi connectivity index (χ4n) is 2.79. The molecule has 0 spiro atoms. The number of hydrogen-bond donors (Lipinski definition) is 2. The van der Waals surface area contributed by atoms with Crippen LogP contribution in [0.4, 0.5) is 5.69 Å². The fourth-order valence-corrected chi connectivity index (χ4v) is 2.79. The van der Waals surface area contributed by atoms with E-state index >= 15 is 0 Å². The molecule has 0 unspecified atom stereocenters. The first kappa shape index (κ1) is 16.8. The van der Waals surface area contributed by atoms with Crippen LogP contribution in [0.15, 0.2) is 41.0 Å². The zero-order valence-corrected chi connectivity index (χ0v) is 13.9. The number of nitrogens with zero attached hydrogens (tertiary/aromatic N) is 1. The third kappa shape index (κ3) is 3.88. The first-order valence-electron chi connectivity index (χ1n) is 8.03. The molecule has 0 radical (unpaired) electrons. The van der Waals surface area contributed by atoms with Gasteiger partial charge >= 0.3 is 0 Å². The lowest BCUT2D eigenvalue weighted by Gasteiger charge is -2.14. The quantitative estimate of drug-likeness (QED) is 0.856. The van der Waals surface area contributed by atoms with Crippen LogP contribution in [0.25, 0.3) is 0 Å². The molecular formula is C18H19N3O4. The predicted molar refractivity (Wildman–Crippen MR) is 91.1 cm³/mol. The molecule has 25 heavy (non-hydrogen) atoms. The van der Waals surface area contributed by atoms with Crippen LogP contribution in [-0.2, 0) is 22.6 Å². The van der Waals surface area contributed by atoms with Gasteiger partial charge in [0.1, 0.15) is 5.76 Å². The van der Waals surface area contributed by atoms with Gasteiger partial charge in [0.25, 0.3) is 5.91 Å². The number of fused-ring (bicyclic) bond motifs is 1. The fraction of sp³-hybridized carbons (Fsp3) is 0.278. The van der Waals surface area contributed by atoms with Gasteiger partial charge in [-0.25, -0.2) is 0 Å². The van der Waals surface area contributed by atoms with Gasteiger partial charge in [0.15, 0.2) is 0 Å². The van der Waals surface area contributed by atoms with E-state index in [1.165, 1.54) is 13.2 Å². The summed E-state index contributed by atoms with van der Waals surface area (Å²) in [5, 5.41) is 5.25. The Balaban J connectivity index is 1.53. The van der Waals surface area contributed by atoms with Crippen LogP contribution in [0.1, 0.15) is 28.6 Å². The van der Waals surface area contributed by atoms with Crippen LogP contribution in [0, 0.1) is 0 Å². The highest BCUT2D eigenvalue weighted by atomic mass is 16.3. The average molecular weight is 341 g/mol. The molecule has 1 aliphatic heterocycles. The number of amides is 3. The van der Waals surface area contributed by atoms with E-state index in [4.69, 9.17) is 4.42 Å². The molecule has 0 saturated heterocycles. The van der Waals surface area contributed by atoms with Gasteiger partial charge in [-0.15, -0.1) is 0 Å². The van der Waals surface area contributed by atoms with Gasteiger partial charge in [0, 0.05) is 24.7 Å². The minimum Gasteiger partial charge on any atom is -0.467 e. The average Bonchev–Trinajstić information content (AvgIpc) is 3.26. The van der Waals surface area contributed by atoms with Crippen LogP contribution in [0.5, 0.6) is 0 Å². The molecule has 1 aromatic carbocycles. The van der Waals surface area contributed by atoms with Crippen molar-refractivity contribution in [1.82, 2.24) is 10.6 Å². The van der Waals surface area contributed by atoms with Crippen molar-refractivity contribution < 1.29 is 18.8 Å². The Morgan fingerprint density at radius 2 is 2.04 bits per heavy atom. The molecule has 2 N–H and O–H groups in total. The summed E-state index contributed by atoms with van der Waals surface area (Å²) in [5.41, 5.74) is 2.29. The van der Waals surface area contributed by atoms with Crippen LogP contribution in [-0.4, -0.2) is 30.8 Å². The second-order valence-electron chi connectivity index (χ2n) is 5.80. The van der Waals surface area contributed by atoms with Gasteiger partial charge in [-0.3, -0.25) is 14.4 Å². The monoisotopic (exact) mass is 341 g/mol. The third-order valence-electron chi connectivity index (χ3n) is 4.07. The minimum absolute atomic E-state index is 0.0100. The van der Waals surface area contributed by atoms with Crippen molar-refractivity contribution in [3.8, 4) is 0 Å². The highest BCUT2D eigenvalue weighted by Gasteiger charge is 2.23. The zero-order valence-electron chi connectivity index (χ0n) is 13.9. The lowest BCUT2D eigenvalue weighted by atomic mass is 10.1. The van der Waals surface area contributed by atoms with Crippen LogP contribution < -0.4 is 15.5 Å². The summed E-state index contributed by atoms with van der Waals surface area (Å²) in [6.07, 6.45) is 2.25. The number of nitrogens with one attached hydrogen (secondary N) is 2. The summed E-state index contributed by atoms with van der Waals surface area (Å²) >= 11 is 0. The third-order valence-corrected chi connectivity index (χ3v) is 4.07. The molecule has 7 heteroatoms.